The Morgan fingerprint density at radius 1 is 1.38 bits per heavy atom. The maximum atomic E-state index is 12.9. The van der Waals surface area contributed by atoms with Crippen LogP contribution in [0.4, 0.5) is 4.39 Å². The summed E-state index contributed by atoms with van der Waals surface area (Å²) in [5.41, 5.74) is 2.05. The zero-order valence-electron chi connectivity index (χ0n) is 12.3. The van der Waals surface area contributed by atoms with Gasteiger partial charge < -0.3 is 10.2 Å². The fourth-order valence-electron chi connectivity index (χ4n) is 2.86. The molecule has 1 aromatic carbocycles. The van der Waals surface area contributed by atoms with Crippen molar-refractivity contribution in [3.05, 3.63) is 48.0 Å². The third-order valence-corrected chi connectivity index (χ3v) is 3.91. The van der Waals surface area contributed by atoms with Gasteiger partial charge in [-0.1, -0.05) is 0 Å². The minimum atomic E-state index is -0.226. The second kappa shape index (κ2) is 6.37. The molecule has 0 radical (unpaired) electrons. The highest BCUT2D eigenvalue weighted by Crippen LogP contribution is 2.13. The van der Waals surface area contributed by atoms with E-state index in [-0.39, 0.29) is 5.82 Å². The van der Waals surface area contributed by atoms with Gasteiger partial charge in [-0.15, -0.1) is 0 Å². The van der Waals surface area contributed by atoms with Crippen LogP contribution in [0.3, 0.4) is 0 Å². The maximum Gasteiger partial charge on any atom is 0.123 e. The second-order valence-corrected chi connectivity index (χ2v) is 5.83. The molecule has 0 saturated carbocycles. The average molecular weight is 288 g/mol. The van der Waals surface area contributed by atoms with Crippen LogP contribution >= 0.6 is 0 Å². The minimum Gasteiger partial charge on any atom is -0.316 e. The van der Waals surface area contributed by atoms with E-state index in [4.69, 9.17) is 0 Å². The molecular weight excluding hydrogens is 267 g/mol. The molecule has 0 amide bonds. The van der Waals surface area contributed by atoms with E-state index in [1.165, 1.54) is 24.1 Å². The number of nitrogens with one attached hydrogen (secondary N) is 1. The summed E-state index contributed by atoms with van der Waals surface area (Å²) in [5.74, 6) is 0.526. The van der Waals surface area contributed by atoms with Crippen molar-refractivity contribution in [3.63, 3.8) is 0 Å². The number of halogens is 1. The molecule has 1 saturated heterocycles. The predicted molar refractivity (Wildman–Crippen MR) is 80.8 cm³/mol. The lowest BCUT2D eigenvalue weighted by Gasteiger charge is -2.19. The minimum absolute atomic E-state index is 0.226. The first-order chi connectivity index (χ1) is 10.2. The molecule has 1 aromatic heterocycles. The summed E-state index contributed by atoms with van der Waals surface area (Å²) in [6, 6.07) is 6.38. The standard InChI is InChI=1S/C16H21FN4/c1-20(10-13-6-7-18-8-13)11-14-9-19-21(12-14)16-4-2-15(17)3-5-16/h2-5,9,12-13,18H,6-8,10-11H2,1H3/t13-/m1/s1. The van der Waals surface area contributed by atoms with E-state index in [1.807, 2.05) is 12.4 Å². The van der Waals surface area contributed by atoms with Gasteiger partial charge in [0.15, 0.2) is 0 Å². The quantitative estimate of drug-likeness (QED) is 0.914. The zero-order valence-corrected chi connectivity index (χ0v) is 12.3. The smallest absolute Gasteiger partial charge is 0.123 e. The van der Waals surface area contributed by atoms with Gasteiger partial charge in [-0.05, 0) is 56.7 Å². The lowest BCUT2D eigenvalue weighted by molar-refractivity contribution is 0.278. The third kappa shape index (κ3) is 3.68. The van der Waals surface area contributed by atoms with E-state index in [1.54, 1.807) is 16.8 Å². The number of nitrogens with zero attached hydrogens (tertiary/aromatic N) is 3. The molecule has 1 N–H and O–H groups in total. The average Bonchev–Trinajstić information content (AvgIpc) is 3.11. The lowest BCUT2D eigenvalue weighted by atomic mass is 10.1. The first kappa shape index (κ1) is 14.2. The summed E-state index contributed by atoms with van der Waals surface area (Å²) < 4.78 is 14.7. The molecule has 3 rings (SSSR count). The topological polar surface area (TPSA) is 33.1 Å². The molecule has 1 aliphatic rings. The molecule has 1 atom stereocenters. The SMILES string of the molecule is CN(Cc1cnn(-c2ccc(F)cc2)c1)C[C@@H]1CCNC1. The molecule has 21 heavy (non-hydrogen) atoms. The van der Waals surface area contributed by atoms with E-state index in [0.29, 0.717) is 0 Å². The fraction of sp³-hybridized carbons (Fsp3) is 0.438. The molecule has 0 aliphatic carbocycles. The molecule has 5 heteroatoms. The Labute approximate surface area is 124 Å². The van der Waals surface area contributed by atoms with Crippen molar-refractivity contribution in [1.29, 1.82) is 0 Å². The first-order valence-corrected chi connectivity index (χ1v) is 7.39. The van der Waals surface area contributed by atoms with Gasteiger partial charge in [0.25, 0.3) is 0 Å². The Kier molecular flexibility index (Phi) is 4.31. The summed E-state index contributed by atoms with van der Waals surface area (Å²) in [6.07, 6.45) is 5.16. The fourth-order valence-corrected chi connectivity index (χ4v) is 2.86. The third-order valence-electron chi connectivity index (χ3n) is 3.91. The van der Waals surface area contributed by atoms with E-state index in [9.17, 15) is 4.39 Å². The van der Waals surface area contributed by atoms with Crippen LogP contribution in [0.1, 0.15) is 12.0 Å². The number of aromatic nitrogens is 2. The van der Waals surface area contributed by atoms with E-state index in [0.717, 1.165) is 37.8 Å². The molecule has 1 fully saturated rings. The summed E-state index contributed by atoms with van der Waals surface area (Å²) in [7, 11) is 2.15. The van der Waals surface area contributed by atoms with Crippen molar-refractivity contribution < 1.29 is 4.39 Å². The second-order valence-electron chi connectivity index (χ2n) is 5.83. The summed E-state index contributed by atoms with van der Waals surface area (Å²) in [6.45, 7) is 4.26. The van der Waals surface area contributed by atoms with Crippen LogP contribution in [0.5, 0.6) is 0 Å². The maximum absolute atomic E-state index is 12.9. The highest BCUT2D eigenvalue weighted by molar-refractivity contribution is 5.31. The van der Waals surface area contributed by atoms with Gasteiger partial charge in [0.05, 0.1) is 11.9 Å². The Bertz CT molecular complexity index is 572. The van der Waals surface area contributed by atoms with Crippen LogP contribution in [0.25, 0.3) is 5.69 Å². The van der Waals surface area contributed by atoms with Crippen molar-refractivity contribution in [2.75, 3.05) is 26.7 Å². The number of rotatable bonds is 5. The van der Waals surface area contributed by atoms with Crippen LogP contribution < -0.4 is 5.32 Å². The van der Waals surface area contributed by atoms with Crippen molar-refractivity contribution in [1.82, 2.24) is 20.0 Å². The van der Waals surface area contributed by atoms with Crippen LogP contribution in [0, 0.1) is 11.7 Å². The molecule has 4 nitrogen and oxygen atoms in total. The van der Waals surface area contributed by atoms with Crippen molar-refractivity contribution >= 4 is 0 Å². The molecule has 0 spiro atoms. The number of hydrogen-bond donors (Lipinski definition) is 1. The van der Waals surface area contributed by atoms with E-state index >= 15 is 0 Å². The van der Waals surface area contributed by atoms with Gasteiger partial charge in [0, 0.05) is 24.8 Å². The van der Waals surface area contributed by atoms with E-state index < -0.39 is 0 Å². The summed E-state index contributed by atoms with van der Waals surface area (Å²) in [4.78, 5) is 2.34. The first-order valence-electron chi connectivity index (χ1n) is 7.39. The van der Waals surface area contributed by atoms with Gasteiger partial charge in [-0.3, -0.25) is 0 Å². The Hall–Kier alpha value is -1.72. The predicted octanol–water partition coefficient (Wildman–Crippen LogP) is 2.05. The Morgan fingerprint density at radius 3 is 2.90 bits per heavy atom. The largest absolute Gasteiger partial charge is 0.316 e. The van der Waals surface area contributed by atoms with Crippen LogP contribution in [-0.4, -0.2) is 41.4 Å². The van der Waals surface area contributed by atoms with Crippen LogP contribution in [0.15, 0.2) is 36.7 Å². The van der Waals surface area contributed by atoms with Crippen molar-refractivity contribution in [2.45, 2.75) is 13.0 Å². The highest BCUT2D eigenvalue weighted by atomic mass is 19.1. The molecule has 0 unspecified atom stereocenters. The van der Waals surface area contributed by atoms with Crippen LogP contribution in [-0.2, 0) is 6.54 Å². The normalized spacial score (nSPS) is 18.5. The van der Waals surface area contributed by atoms with Gasteiger partial charge in [-0.25, -0.2) is 9.07 Å². The van der Waals surface area contributed by atoms with Crippen LogP contribution in [0.2, 0.25) is 0 Å². The number of benzene rings is 1. The molecule has 2 aromatic rings. The summed E-state index contributed by atoms with van der Waals surface area (Å²) >= 11 is 0. The lowest BCUT2D eigenvalue weighted by Crippen LogP contribution is -2.26. The summed E-state index contributed by atoms with van der Waals surface area (Å²) in [5, 5.41) is 7.75. The van der Waals surface area contributed by atoms with Crippen molar-refractivity contribution in [3.8, 4) is 5.69 Å². The number of hydrogen-bond acceptors (Lipinski definition) is 3. The van der Waals surface area contributed by atoms with Gasteiger partial charge >= 0.3 is 0 Å². The van der Waals surface area contributed by atoms with Gasteiger partial charge in [-0.2, -0.15) is 5.10 Å². The molecule has 112 valence electrons. The Balaban J connectivity index is 1.60. The molecule has 1 aliphatic heterocycles. The zero-order chi connectivity index (χ0) is 14.7. The molecule has 0 bridgehead atoms. The highest BCUT2D eigenvalue weighted by Gasteiger charge is 2.16. The molecular formula is C16H21FN4. The Morgan fingerprint density at radius 2 is 2.19 bits per heavy atom. The van der Waals surface area contributed by atoms with Crippen molar-refractivity contribution in [2.24, 2.45) is 5.92 Å². The van der Waals surface area contributed by atoms with Gasteiger partial charge in [0.1, 0.15) is 5.82 Å². The molecule has 2 heterocycles. The van der Waals surface area contributed by atoms with Gasteiger partial charge in [0.2, 0.25) is 0 Å². The monoisotopic (exact) mass is 288 g/mol. The van der Waals surface area contributed by atoms with E-state index in [2.05, 4.69) is 22.4 Å².